The van der Waals surface area contributed by atoms with E-state index in [0.29, 0.717) is 11.1 Å². The van der Waals surface area contributed by atoms with Gasteiger partial charge >= 0.3 is 11.9 Å². The zero-order chi connectivity index (χ0) is 13.1. The van der Waals surface area contributed by atoms with Crippen molar-refractivity contribution in [3.63, 3.8) is 0 Å². The Kier molecular flexibility index (Phi) is 3.10. The molecule has 0 saturated heterocycles. The van der Waals surface area contributed by atoms with Crippen LogP contribution in [0.4, 0.5) is 0 Å². The van der Waals surface area contributed by atoms with Gasteiger partial charge in [0.1, 0.15) is 0 Å². The van der Waals surface area contributed by atoms with Gasteiger partial charge in [0.2, 0.25) is 0 Å². The minimum atomic E-state index is -1.09. The number of benzene rings is 2. The third kappa shape index (κ3) is 2.22. The third-order valence-electron chi connectivity index (χ3n) is 2.47. The summed E-state index contributed by atoms with van der Waals surface area (Å²) in [6.45, 7) is 0. The van der Waals surface area contributed by atoms with Crippen LogP contribution in [0.5, 0.6) is 0 Å². The van der Waals surface area contributed by atoms with Gasteiger partial charge in [-0.3, -0.25) is 0 Å². The summed E-state index contributed by atoms with van der Waals surface area (Å²) in [5.74, 6) is -2.15. The molecule has 0 spiro atoms. The zero-order valence-corrected chi connectivity index (χ0v) is 9.25. The van der Waals surface area contributed by atoms with Gasteiger partial charge < -0.3 is 10.2 Å². The molecule has 1 radical (unpaired) electrons. The summed E-state index contributed by atoms with van der Waals surface area (Å²) >= 11 is 0. The molecule has 0 fully saturated rings. The SMILES string of the molecule is O=C(O)c1[c]c(-c2ccccc2C(=O)O)ccc1. The molecule has 2 rings (SSSR count). The number of carboxylic acids is 2. The molecule has 0 aliphatic rings. The standard InChI is InChI=1S/C14H9O4/c15-13(16)10-5-3-4-9(8-10)11-6-1-2-7-12(11)14(17)18/h1-7H,(H,15,16)(H,17,18). The fourth-order valence-corrected chi connectivity index (χ4v) is 1.66. The van der Waals surface area contributed by atoms with Crippen LogP contribution in [0.25, 0.3) is 11.1 Å². The number of aromatic carboxylic acids is 2. The predicted octanol–water partition coefficient (Wildman–Crippen LogP) is 2.55. The summed E-state index contributed by atoms with van der Waals surface area (Å²) in [6.07, 6.45) is 0. The molecule has 0 bridgehead atoms. The molecule has 2 N–H and O–H groups in total. The van der Waals surface area contributed by atoms with Crippen molar-refractivity contribution in [2.45, 2.75) is 0 Å². The Morgan fingerprint density at radius 2 is 1.61 bits per heavy atom. The average Bonchev–Trinajstić information content (AvgIpc) is 2.39. The Morgan fingerprint density at radius 1 is 0.889 bits per heavy atom. The molecule has 0 aromatic heterocycles. The van der Waals surface area contributed by atoms with E-state index in [1.807, 2.05) is 0 Å². The fourth-order valence-electron chi connectivity index (χ4n) is 1.66. The van der Waals surface area contributed by atoms with Crippen LogP contribution >= 0.6 is 0 Å². The summed E-state index contributed by atoms with van der Waals surface area (Å²) in [4.78, 5) is 21.9. The van der Waals surface area contributed by atoms with Gasteiger partial charge in [-0.25, -0.2) is 9.59 Å². The lowest BCUT2D eigenvalue weighted by atomic mass is 9.98. The number of carbonyl (C=O) groups is 2. The molecular formula is C14H9O4. The molecule has 89 valence electrons. The summed E-state index contributed by atoms with van der Waals surface area (Å²) in [5, 5.41) is 18.0. The van der Waals surface area contributed by atoms with E-state index in [9.17, 15) is 9.59 Å². The van der Waals surface area contributed by atoms with Crippen molar-refractivity contribution in [2.24, 2.45) is 0 Å². The first kappa shape index (κ1) is 11.9. The van der Waals surface area contributed by atoms with Crippen molar-refractivity contribution in [1.29, 1.82) is 0 Å². The van der Waals surface area contributed by atoms with Crippen molar-refractivity contribution < 1.29 is 19.8 Å². The highest BCUT2D eigenvalue weighted by molar-refractivity contribution is 5.97. The molecule has 0 aliphatic heterocycles. The van der Waals surface area contributed by atoms with Gasteiger partial charge in [0.15, 0.2) is 0 Å². The molecule has 4 heteroatoms. The van der Waals surface area contributed by atoms with Crippen LogP contribution in [0.3, 0.4) is 0 Å². The van der Waals surface area contributed by atoms with Crippen LogP contribution in [0.1, 0.15) is 20.7 Å². The van der Waals surface area contributed by atoms with Crippen molar-refractivity contribution in [3.05, 3.63) is 59.7 Å². The van der Waals surface area contributed by atoms with E-state index in [4.69, 9.17) is 10.2 Å². The van der Waals surface area contributed by atoms with E-state index < -0.39 is 11.9 Å². The summed E-state index contributed by atoms with van der Waals surface area (Å²) in [6, 6.07) is 13.7. The van der Waals surface area contributed by atoms with Crippen LogP contribution in [0.15, 0.2) is 42.5 Å². The summed E-state index contributed by atoms with van der Waals surface area (Å²) < 4.78 is 0. The molecular weight excluding hydrogens is 232 g/mol. The van der Waals surface area contributed by atoms with Crippen molar-refractivity contribution in [2.75, 3.05) is 0 Å². The third-order valence-corrected chi connectivity index (χ3v) is 2.47. The molecule has 2 aromatic carbocycles. The lowest BCUT2D eigenvalue weighted by Gasteiger charge is -2.06. The molecule has 0 unspecified atom stereocenters. The maximum atomic E-state index is 11.1. The predicted molar refractivity (Wildman–Crippen MR) is 64.6 cm³/mol. The summed E-state index contributed by atoms with van der Waals surface area (Å²) in [7, 11) is 0. The number of carboxylic acid groups (broad SMARTS) is 2. The highest BCUT2D eigenvalue weighted by Crippen LogP contribution is 2.24. The lowest BCUT2D eigenvalue weighted by molar-refractivity contribution is 0.0687. The summed E-state index contributed by atoms with van der Waals surface area (Å²) in [5.41, 5.74) is 1.03. The van der Waals surface area contributed by atoms with E-state index in [0.717, 1.165) is 0 Å². The Bertz CT molecular complexity index is 617. The van der Waals surface area contributed by atoms with Crippen LogP contribution in [0.2, 0.25) is 0 Å². The second kappa shape index (κ2) is 4.71. The zero-order valence-electron chi connectivity index (χ0n) is 9.25. The Morgan fingerprint density at radius 3 is 2.28 bits per heavy atom. The van der Waals surface area contributed by atoms with Crippen LogP contribution < -0.4 is 0 Å². The minimum absolute atomic E-state index is 0.00712. The number of hydrogen-bond donors (Lipinski definition) is 2. The van der Waals surface area contributed by atoms with Crippen molar-refractivity contribution in [1.82, 2.24) is 0 Å². The van der Waals surface area contributed by atoms with Gasteiger partial charge in [-0.05, 0) is 23.3 Å². The first-order valence-electron chi connectivity index (χ1n) is 5.18. The molecule has 0 amide bonds. The molecule has 18 heavy (non-hydrogen) atoms. The van der Waals surface area contributed by atoms with Gasteiger partial charge in [0, 0.05) is 6.07 Å². The van der Waals surface area contributed by atoms with Gasteiger partial charge in [0.05, 0.1) is 11.1 Å². The first-order chi connectivity index (χ1) is 8.59. The van der Waals surface area contributed by atoms with E-state index in [1.165, 1.54) is 12.1 Å². The molecule has 0 saturated carbocycles. The second-order valence-electron chi connectivity index (χ2n) is 3.63. The van der Waals surface area contributed by atoms with E-state index in [-0.39, 0.29) is 11.1 Å². The molecule has 2 aromatic rings. The molecule has 0 heterocycles. The second-order valence-corrected chi connectivity index (χ2v) is 3.63. The monoisotopic (exact) mass is 241 g/mol. The van der Waals surface area contributed by atoms with Crippen molar-refractivity contribution in [3.8, 4) is 11.1 Å². The quantitative estimate of drug-likeness (QED) is 0.865. The highest BCUT2D eigenvalue weighted by atomic mass is 16.4. The average molecular weight is 241 g/mol. The first-order valence-corrected chi connectivity index (χ1v) is 5.18. The maximum Gasteiger partial charge on any atom is 0.336 e. The van der Waals surface area contributed by atoms with E-state index in [1.54, 1.807) is 30.3 Å². The number of rotatable bonds is 3. The Hall–Kier alpha value is -2.62. The van der Waals surface area contributed by atoms with Gasteiger partial charge in [-0.2, -0.15) is 0 Å². The lowest BCUT2D eigenvalue weighted by Crippen LogP contribution is -2.01. The van der Waals surface area contributed by atoms with Crippen LogP contribution in [-0.4, -0.2) is 22.2 Å². The van der Waals surface area contributed by atoms with Gasteiger partial charge in [-0.15, -0.1) is 0 Å². The number of hydrogen-bond acceptors (Lipinski definition) is 2. The van der Waals surface area contributed by atoms with Gasteiger partial charge in [-0.1, -0.05) is 30.3 Å². The van der Waals surface area contributed by atoms with Crippen LogP contribution in [0, 0.1) is 6.07 Å². The fraction of sp³-hybridized carbons (Fsp3) is 0. The van der Waals surface area contributed by atoms with Crippen molar-refractivity contribution >= 4 is 11.9 Å². The van der Waals surface area contributed by atoms with Gasteiger partial charge in [0.25, 0.3) is 0 Å². The van der Waals surface area contributed by atoms with Crippen LogP contribution in [-0.2, 0) is 0 Å². The normalized spacial score (nSPS) is 10.0. The van der Waals surface area contributed by atoms with E-state index >= 15 is 0 Å². The minimum Gasteiger partial charge on any atom is -0.478 e. The highest BCUT2D eigenvalue weighted by Gasteiger charge is 2.12. The smallest absolute Gasteiger partial charge is 0.336 e. The largest absolute Gasteiger partial charge is 0.478 e. The Labute approximate surface area is 103 Å². The van der Waals surface area contributed by atoms with E-state index in [2.05, 4.69) is 6.07 Å². The topological polar surface area (TPSA) is 74.6 Å². The molecule has 0 atom stereocenters. The molecule has 0 aliphatic carbocycles. The Balaban J connectivity index is 2.58. The maximum absolute atomic E-state index is 11.1. The molecule has 4 nitrogen and oxygen atoms in total.